The van der Waals surface area contributed by atoms with Crippen LogP contribution in [0.25, 0.3) is 11.1 Å². The van der Waals surface area contributed by atoms with Gasteiger partial charge in [0.15, 0.2) is 14.9 Å². The van der Waals surface area contributed by atoms with Gasteiger partial charge in [0, 0.05) is 19.1 Å². The van der Waals surface area contributed by atoms with Crippen molar-refractivity contribution >= 4 is 21.0 Å². The molecule has 0 saturated carbocycles. The van der Waals surface area contributed by atoms with E-state index >= 15 is 0 Å². The Morgan fingerprint density at radius 2 is 1.67 bits per heavy atom. The maximum absolute atomic E-state index is 13.2. The maximum atomic E-state index is 13.2. The van der Waals surface area contributed by atoms with E-state index in [-0.39, 0.29) is 23.4 Å². The number of aromatic nitrogens is 1. The van der Waals surface area contributed by atoms with Crippen LogP contribution in [0.2, 0.25) is 0 Å². The molecule has 3 rings (SSSR count). The third-order valence-electron chi connectivity index (χ3n) is 4.27. The highest BCUT2D eigenvalue weighted by Crippen LogP contribution is 2.42. The van der Waals surface area contributed by atoms with Gasteiger partial charge in [0.1, 0.15) is 5.82 Å². The summed E-state index contributed by atoms with van der Waals surface area (Å²) in [6.07, 6.45) is 4.05. The van der Waals surface area contributed by atoms with E-state index < -0.39 is 9.84 Å². The molecule has 1 aromatic heterocycles. The van der Waals surface area contributed by atoms with E-state index in [0.717, 1.165) is 28.5 Å². The maximum Gasteiger partial charge on any atom is 0.192 e. The number of aliphatic hydroxyl groups excluding tert-OH is 1. The minimum absolute atomic E-state index is 0.0342. The topological polar surface area (TPSA) is 67.3 Å². The van der Waals surface area contributed by atoms with Gasteiger partial charge in [-0.25, -0.2) is 17.8 Å². The van der Waals surface area contributed by atoms with Crippen LogP contribution in [-0.4, -0.2) is 31.4 Å². The van der Waals surface area contributed by atoms with Crippen LogP contribution in [0, 0.1) is 11.7 Å². The van der Waals surface area contributed by atoms with Gasteiger partial charge in [0.2, 0.25) is 0 Å². The first kappa shape index (κ1) is 16.8. The number of halogens is 1. The quantitative estimate of drug-likeness (QED) is 0.923. The smallest absolute Gasteiger partial charge is 0.192 e. The Bertz CT molecular complexity index is 871. The van der Waals surface area contributed by atoms with Gasteiger partial charge in [-0.15, -0.1) is 0 Å². The molecule has 0 radical (unpaired) electrons. The molecule has 1 aromatic carbocycles. The van der Waals surface area contributed by atoms with Crippen LogP contribution in [0.1, 0.15) is 24.0 Å². The lowest BCUT2D eigenvalue weighted by Gasteiger charge is -2.08. The summed E-state index contributed by atoms with van der Waals surface area (Å²) < 4.78 is 36.2. The second kappa shape index (κ2) is 6.45. The second-order valence-corrected chi connectivity index (χ2v) is 8.04. The molecule has 6 heteroatoms. The van der Waals surface area contributed by atoms with Crippen LogP contribution in [0.4, 0.5) is 4.39 Å². The van der Waals surface area contributed by atoms with Gasteiger partial charge >= 0.3 is 0 Å². The Hall–Kier alpha value is -2.05. The lowest BCUT2D eigenvalue weighted by Crippen LogP contribution is -2.02. The van der Waals surface area contributed by atoms with Crippen molar-refractivity contribution in [2.45, 2.75) is 17.9 Å². The van der Waals surface area contributed by atoms with Gasteiger partial charge in [-0.05, 0) is 59.2 Å². The number of hydrogen-bond acceptors (Lipinski definition) is 4. The van der Waals surface area contributed by atoms with Crippen LogP contribution < -0.4 is 0 Å². The summed E-state index contributed by atoms with van der Waals surface area (Å²) in [5.41, 5.74) is 3.81. The highest BCUT2D eigenvalue weighted by atomic mass is 32.2. The van der Waals surface area contributed by atoms with Crippen molar-refractivity contribution in [3.63, 3.8) is 0 Å². The molecule has 1 atom stereocenters. The number of hydrogen-bond donors (Lipinski definition) is 1. The van der Waals surface area contributed by atoms with Crippen LogP contribution >= 0.6 is 0 Å². The van der Waals surface area contributed by atoms with Gasteiger partial charge < -0.3 is 5.11 Å². The molecule has 1 heterocycles. The van der Waals surface area contributed by atoms with E-state index in [0.29, 0.717) is 12.8 Å². The number of allylic oxidation sites excluding steroid dienone is 2. The normalized spacial score (nSPS) is 18.2. The highest BCUT2D eigenvalue weighted by Gasteiger charge is 2.26. The fourth-order valence-electron chi connectivity index (χ4n) is 3.04. The fraction of sp³-hybridized carbons (Fsp3) is 0.278. The summed E-state index contributed by atoms with van der Waals surface area (Å²) in [5.74, 6) is -0.189. The molecule has 1 unspecified atom stereocenters. The molecule has 24 heavy (non-hydrogen) atoms. The fourth-order valence-corrected chi connectivity index (χ4v) is 3.60. The molecule has 0 fully saturated rings. The van der Waals surface area contributed by atoms with E-state index in [2.05, 4.69) is 4.98 Å². The molecule has 0 spiro atoms. The lowest BCUT2D eigenvalue weighted by atomic mass is 9.98. The van der Waals surface area contributed by atoms with Gasteiger partial charge in [-0.2, -0.15) is 0 Å². The van der Waals surface area contributed by atoms with Crippen LogP contribution in [0.5, 0.6) is 0 Å². The lowest BCUT2D eigenvalue weighted by molar-refractivity contribution is 0.235. The van der Waals surface area contributed by atoms with E-state index in [9.17, 15) is 17.9 Å². The van der Waals surface area contributed by atoms with Crippen LogP contribution in [0.15, 0.2) is 47.6 Å². The number of nitrogens with zero attached hydrogens (tertiary/aromatic N) is 1. The van der Waals surface area contributed by atoms with Gasteiger partial charge in [0.05, 0.1) is 0 Å². The number of aliphatic hydroxyl groups is 1. The number of sulfone groups is 1. The van der Waals surface area contributed by atoms with Gasteiger partial charge in [-0.1, -0.05) is 18.2 Å². The minimum Gasteiger partial charge on any atom is -0.396 e. The Morgan fingerprint density at radius 1 is 1.08 bits per heavy atom. The largest absolute Gasteiger partial charge is 0.396 e. The molecule has 0 saturated heterocycles. The Labute approximate surface area is 140 Å². The zero-order valence-electron chi connectivity index (χ0n) is 13.2. The predicted octanol–water partition coefficient (Wildman–Crippen LogP) is 2.94. The van der Waals surface area contributed by atoms with E-state index in [1.165, 1.54) is 18.2 Å². The summed E-state index contributed by atoms with van der Waals surface area (Å²) >= 11 is 0. The molecule has 126 valence electrons. The van der Waals surface area contributed by atoms with Crippen molar-refractivity contribution in [1.82, 2.24) is 4.98 Å². The Kier molecular flexibility index (Phi) is 4.51. The molecular formula is C18H18FNO3S. The van der Waals surface area contributed by atoms with Crippen molar-refractivity contribution in [2.75, 3.05) is 12.9 Å². The third-order valence-corrected chi connectivity index (χ3v) is 5.27. The van der Waals surface area contributed by atoms with E-state index in [4.69, 9.17) is 0 Å². The third kappa shape index (κ3) is 3.39. The number of rotatable bonds is 4. The van der Waals surface area contributed by atoms with Crippen molar-refractivity contribution in [3.8, 4) is 0 Å². The molecule has 4 nitrogen and oxygen atoms in total. The van der Waals surface area contributed by atoms with Gasteiger partial charge in [0.25, 0.3) is 0 Å². The number of pyridine rings is 1. The van der Waals surface area contributed by atoms with Crippen molar-refractivity contribution in [2.24, 2.45) is 5.92 Å². The summed E-state index contributed by atoms with van der Waals surface area (Å²) in [6, 6.07) is 9.51. The zero-order chi connectivity index (χ0) is 17.3. The predicted molar refractivity (Wildman–Crippen MR) is 90.4 cm³/mol. The first-order chi connectivity index (χ1) is 11.4. The highest BCUT2D eigenvalue weighted by molar-refractivity contribution is 7.90. The molecule has 0 bridgehead atoms. The molecule has 0 amide bonds. The van der Waals surface area contributed by atoms with E-state index in [1.807, 2.05) is 0 Å². The molecular weight excluding hydrogens is 329 g/mol. The second-order valence-electron chi connectivity index (χ2n) is 6.08. The summed E-state index contributed by atoms with van der Waals surface area (Å²) in [6.45, 7) is 0.0725. The molecule has 2 aromatic rings. The standard InChI is InChI=1S/C18H18FNO3S/c1-24(22,23)18-7-4-14(10-20-18)17-9-12(11-21)8-16(17)13-2-5-15(19)6-3-13/h2-7,10,12,21H,8-9,11H2,1H3. The Morgan fingerprint density at radius 3 is 2.17 bits per heavy atom. The first-order valence-corrected chi connectivity index (χ1v) is 9.53. The SMILES string of the molecule is CS(=O)(=O)c1ccc(C2=C(c3ccc(F)cc3)CC(CO)C2)cn1. The zero-order valence-corrected chi connectivity index (χ0v) is 14.1. The van der Waals surface area contributed by atoms with Crippen LogP contribution in [0.3, 0.4) is 0 Å². The van der Waals surface area contributed by atoms with Crippen molar-refractivity contribution < 1.29 is 17.9 Å². The summed E-state index contributed by atoms with van der Waals surface area (Å²) in [5, 5.41) is 9.54. The average molecular weight is 347 g/mol. The number of benzene rings is 1. The van der Waals surface area contributed by atoms with Crippen molar-refractivity contribution in [3.05, 3.63) is 59.5 Å². The summed E-state index contributed by atoms with van der Waals surface area (Å²) in [7, 11) is -3.34. The van der Waals surface area contributed by atoms with E-state index in [1.54, 1.807) is 24.4 Å². The molecule has 1 aliphatic carbocycles. The molecule has 1 N–H and O–H groups in total. The first-order valence-electron chi connectivity index (χ1n) is 7.64. The monoisotopic (exact) mass is 347 g/mol. The molecule has 0 aliphatic heterocycles. The minimum atomic E-state index is -3.34. The van der Waals surface area contributed by atoms with Crippen LogP contribution in [-0.2, 0) is 9.84 Å². The van der Waals surface area contributed by atoms with Crippen molar-refractivity contribution in [1.29, 1.82) is 0 Å². The molecule has 1 aliphatic rings. The van der Waals surface area contributed by atoms with Gasteiger partial charge in [-0.3, -0.25) is 0 Å². The summed E-state index contributed by atoms with van der Waals surface area (Å²) in [4.78, 5) is 4.04. The Balaban J connectivity index is 2.04. The average Bonchev–Trinajstić information content (AvgIpc) is 2.99.